The molecule has 1 aliphatic heterocycles. The number of hydrogen-bond donors (Lipinski definition) is 1. The first kappa shape index (κ1) is 25.4. The van der Waals surface area contributed by atoms with Crippen LogP contribution < -0.4 is 14.2 Å². The number of aliphatic carboxylic acids is 1. The minimum atomic E-state index is -0.818. The first-order valence-corrected chi connectivity index (χ1v) is 12.6. The zero-order valence-corrected chi connectivity index (χ0v) is 21.3. The lowest BCUT2D eigenvalue weighted by Crippen LogP contribution is -2.20. The second kappa shape index (κ2) is 11.8. The van der Waals surface area contributed by atoms with E-state index in [1.165, 1.54) is 5.56 Å². The molecule has 3 aromatic carbocycles. The summed E-state index contributed by atoms with van der Waals surface area (Å²) in [7, 11) is 0. The van der Waals surface area contributed by atoms with E-state index in [4.69, 9.17) is 14.2 Å². The van der Waals surface area contributed by atoms with Gasteiger partial charge in [-0.1, -0.05) is 61.4 Å². The van der Waals surface area contributed by atoms with Gasteiger partial charge in [-0.2, -0.15) is 0 Å². The molecule has 0 aliphatic carbocycles. The summed E-state index contributed by atoms with van der Waals surface area (Å²) < 4.78 is 18.0. The van der Waals surface area contributed by atoms with E-state index in [-0.39, 0.29) is 12.3 Å². The maximum atomic E-state index is 11.4. The van der Waals surface area contributed by atoms with Crippen LogP contribution in [0.3, 0.4) is 0 Å². The first-order valence-electron chi connectivity index (χ1n) is 12.6. The van der Waals surface area contributed by atoms with Crippen LogP contribution in [0.15, 0.2) is 72.3 Å². The SMILES string of the molecule is C/C=C1/COc2cc(OCc3ccc(-c4cc(C)ccc4OCCCC)cc3)ccc2C1CC(=O)O. The standard InChI is InChI=1S/C31H34O5/c1-4-6-15-34-29-14-7-21(3)16-28(29)24-10-8-22(9-11-24)19-35-25-12-13-26-27(18-31(32)33)23(5-2)20-36-30(26)17-25/h5,7-14,16-17,27H,4,6,15,18-20H2,1-3H3,(H,32,33)/b23-5-. The minimum Gasteiger partial charge on any atom is -0.493 e. The number of hydrogen-bond acceptors (Lipinski definition) is 4. The van der Waals surface area contributed by atoms with E-state index in [1.807, 2.05) is 31.2 Å². The molecule has 0 saturated carbocycles. The van der Waals surface area contributed by atoms with Crippen molar-refractivity contribution in [2.75, 3.05) is 13.2 Å². The van der Waals surface area contributed by atoms with E-state index in [1.54, 1.807) is 0 Å². The fraction of sp³-hybridized carbons (Fsp3) is 0.323. The molecule has 0 fully saturated rings. The van der Waals surface area contributed by atoms with E-state index in [2.05, 4.69) is 56.3 Å². The van der Waals surface area contributed by atoms with E-state index in [0.29, 0.717) is 24.7 Å². The quantitative estimate of drug-likeness (QED) is 0.240. The van der Waals surface area contributed by atoms with Gasteiger partial charge in [-0.15, -0.1) is 0 Å². The van der Waals surface area contributed by atoms with Crippen molar-refractivity contribution in [2.24, 2.45) is 0 Å². The molecule has 1 atom stereocenters. The average Bonchev–Trinajstić information content (AvgIpc) is 2.88. The van der Waals surface area contributed by atoms with Crippen LogP contribution >= 0.6 is 0 Å². The molecule has 0 saturated heterocycles. The Bertz CT molecular complexity index is 1230. The maximum Gasteiger partial charge on any atom is 0.304 e. The number of allylic oxidation sites excluding steroid dienone is 1. The maximum absolute atomic E-state index is 11.4. The highest BCUT2D eigenvalue weighted by Gasteiger charge is 2.27. The predicted octanol–water partition coefficient (Wildman–Crippen LogP) is 7.32. The molecule has 1 aliphatic rings. The van der Waals surface area contributed by atoms with Gasteiger partial charge in [0.15, 0.2) is 0 Å². The Balaban J connectivity index is 1.45. The van der Waals surface area contributed by atoms with Gasteiger partial charge in [0.1, 0.15) is 30.5 Å². The van der Waals surface area contributed by atoms with Gasteiger partial charge in [-0.3, -0.25) is 4.79 Å². The number of rotatable bonds is 10. The fourth-order valence-corrected chi connectivity index (χ4v) is 4.45. The monoisotopic (exact) mass is 486 g/mol. The normalized spacial score (nSPS) is 15.8. The van der Waals surface area contributed by atoms with Gasteiger partial charge in [-0.05, 0) is 55.2 Å². The lowest BCUT2D eigenvalue weighted by molar-refractivity contribution is -0.137. The zero-order valence-electron chi connectivity index (χ0n) is 21.3. The number of benzene rings is 3. The number of ether oxygens (including phenoxy) is 3. The van der Waals surface area contributed by atoms with Crippen molar-refractivity contribution in [3.05, 3.63) is 89.0 Å². The molecule has 0 amide bonds. The van der Waals surface area contributed by atoms with Crippen LogP contribution in [-0.4, -0.2) is 24.3 Å². The van der Waals surface area contributed by atoms with Crippen LogP contribution in [0.1, 0.15) is 55.7 Å². The molecule has 0 radical (unpaired) electrons. The summed E-state index contributed by atoms with van der Waals surface area (Å²) in [5.74, 6) is 1.31. The van der Waals surface area contributed by atoms with Crippen LogP contribution in [0.25, 0.3) is 11.1 Å². The van der Waals surface area contributed by atoms with Crippen LogP contribution in [0.4, 0.5) is 0 Å². The van der Waals surface area contributed by atoms with Gasteiger partial charge < -0.3 is 19.3 Å². The summed E-state index contributed by atoms with van der Waals surface area (Å²) in [5.41, 5.74) is 6.34. The van der Waals surface area contributed by atoms with Crippen molar-refractivity contribution in [1.82, 2.24) is 0 Å². The Hall–Kier alpha value is -3.73. The van der Waals surface area contributed by atoms with Crippen molar-refractivity contribution in [3.8, 4) is 28.4 Å². The zero-order chi connectivity index (χ0) is 25.5. The average molecular weight is 487 g/mol. The van der Waals surface area contributed by atoms with Crippen molar-refractivity contribution >= 4 is 5.97 Å². The van der Waals surface area contributed by atoms with Gasteiger partial charge in [0.25, 0.3) is 0 Å². The molecule has 188 valence electrons. The molecule has 4 rings (SSSR count). The molecule has 0 aromatic heterocycles. The lowest BCUT2D eigenvalue weighted by Gasteiger charge is -2.28. The Morgan fingerprint density at radius 3 is 2.61 bits per heavy atom. The van der Waals surface area contributed by atoms with Gasteiger partial charge in [0.2, 0.25) is 0 Å². The van der Waals surface area contributed by atoms with Gasteiger partial charge in [-0.25, -0.2) is 0 Å². The summed E-state index contributed by atoms with van der Waals surface area (Å²) >= 11 is 0. The highest BCUT2D eigenvalue weighted by atomic mass is 16.5. The molecular formula is C31H34O5. The lowest BCUT2D eigenvalue weighted by atomic mass is 9.86. The Labute approximate surface area is 213 Å². The van der Waals surface area contributed by atoms with Crippen molar-refractivity contribution < 1.29 is 24.1 Å². The molecule has 0 spiro atoms. The van der Waals surface area contributed by atoms with Gasteiger partial charge in [0, 0.05) is 23.1 Å². The van der Waals surface area contributed by atoms with E-state index in [9.17, 15) is 9.90 Å². The van der Waals surface area contributed by atoms with Crippen LogP contribution in [0, 0.1) is 6.92 Å². The third kappa shape index (κ3) is 6.09. The van der Waals surface area contributed by atoms with Crippen molar-refractivity contribution in [3.63, 3.8) is 0 Å². The smallest absolute Gasteiger partial charge is 0.304 e. The molecular weight excluding hydrogens is 452 g/mol. The van der Waals surface area contributed by atoms with E-state index >= 15 is 0 Å². The number of fused-ring (bicyclic) bond motifs is 1. The van der Waals surface area contributed by atoms with Crippen molar-refractivity contribution in [2.45, 2.75) is 52.6 Å². The van der Waals surface area contributed by atoms with Gasteiger partial charge in [0.05, 0.1) is 13.0 Å². The minimum absolute atomic E-state index is 0.0505. The number of carboxylic acid groups (broad SMARTS) is 1. The third-order valence-corrected chi connectivity index (χ3v) is 6.51. The third-order valence-electron chi connectivity index (χ3n) is 6.51. The highest BCUT2D eigenvalue weighted by molar-refractivity contribution is 5.71. The topological polar surface area (TPSA) is 65.0 Å². The molecule has 5 nitrogen and oxygen atoms in total. The highest BCUT2D eigenvalue weighted by Crippen LogP contribution is 2.41. The molecule has 1 unspecified atom stereocenters. The Kier molecular flexibility index (Phi) is 8.32. The molecule has 36 heavy (non-hydrogen) atoms. The summed E-state index contributed by atoms with van der Waals surface area (Å²) in [6.45, 7) is 7.71. The first-order chi connectivity index (χ1) is 17.5. The fourth-order valence-electron chi connectivity index (χ4n) is 4.45. The molecule has 5 heteroatoms. The van der Waals surface area contributed by atoms with E-state index < -0.39 is 5.97 Å². The summed E-state index contributed by atoms with van der Waals surface area (Å²) in [6.07, 6.45) is 4.14. The predicted molar refractivity (Wildman–Crippen MR) is 142 cm³/mol. The Morgan fingerprint density at radius 1 is 1.08 bits per heavy atom. The summed E-state index contributed by atoms with van der Waals surface area (Å²) in [4.78, 5) is 11.4. The number of carbonyl (C=O) groups is 1. The number of unbranched alkanes of at least 4 members (excludes halogenated alkanes) is 1. The molecule has 1 N–H and O–H groups in total. The molecule has 3 aromatic rings. The van der Waals surface area contributed by atoms with Gasteiger partial charge >= 0.3 is 5.97 Å². The second-order valence-corrected chi connectivity index (χ2v) is 9.19. The number of aryl methyl sites for hydroxylation is 1. The largest absolute Gasteiger partial charge is 0.493 e. The summed E-state index contributed by atoms with van der Waals surface area (Å²) in [5, 5.41) is 9.34. The Morgan fingerprint density at radius 2 is 1.89 bits per heavy atom. The summed E-state index contributed by atoms with van der Waals surface area (Å²) in [6, 6.07) is 20.3. The molecule has 0 bridgehead atoms. The second-order valence-electron chi connectivity index (χ2n) is 9.19. The molecule has 1 heterocycles. The van der Waals surface area contributed by atoms with Crippen LogP contribution in [0.5, 0.6) is 17.2 Å². The van der Waals surface area contributed by atoms with Crippen LogP contribution in [-0.2, 0) is 11.4 Å². The van der Waals surface area contributed by atoms with E-state index in [0.717, 1.165) is 53.0 Å². The van der Waals surface area contributed by atoms with Crippen molar-refractivity contribution in [1.29, 1.82) is 0 Å². The number of carboxylic acids is 1. The van der Waals surface area contributed by atoms with Crippen LogP contribution in [0.2, 0.25) is 0 Å².